The number of ether oxygens (including phenoxy) is 4. The van der Waals surface area contributed by atoms with Crippen LogP contribution in [0.5, 0.6) is 11.6 Å². The van der Waals surface area contributed by atoms with Gasteiger partial charge in [0, 0.05) is 106 Å². The van der Waals surface area contributed by atoms with E-state index in [1.165, 1.54) is 18.3 Å². The van der Waals surface area contributed by atoms with E-state index in [1.807, 2.05) is 29.8 Å². The number of likely N-dealkylation sites (tertiary alicyclic amines) is 1. The van der Waals surface area contributed by atoms with Gasteiger partial charge in [0.1, 0.15) is 29.6 Å². The number of carbonyl (C=O) groups is 4. The van der Waals surface area contributed by atoms with E-state index < -0.39 is 53.4 Å². The SMILES string of the molecule is Cn1c2ccncc2c2ccc(-c3cnc(OC4CC(OCCCOCCCN5CC(Oc6ccc7c(c6)C(=O)N(C6CCC(=O)NC6=O)C7=O)C5)C4)c(C(F)(F)F)c3)cc21. The van der Waals surface area contributed by atoms with E-state index in [4.69, 9.17) is 18.9 Å². The van der Waals surface area contributed by atoms with Crippen molar-refractivity contribution in [2.45, 2.75) is 69.1 Å². The maximum atomic E-state index is 14.2. The second-order valence-corrected chi connectivity index (χ2v) is 15.9. The molecule has 14 nitrogen and oxygen atoms in total. The molecule has 3 aliphatic heterocycles. The molecular weight excluding hydrogens is 798 g/mol. The number of amides is 4. The summed E-state index contributed by atoms with van der Waals surface area (Å²) in [6, 6.07) is 12.3. The summed E-state index contributed by atoms with van der Waals surface area (Å²) in [5.41, 5.74) is 2.31. The number of hydrogen-bond acceptors (Lipinski definition) is 11. The highest BCUT2D eigenvalue weighted by Crippen LogP contribution is 2.40. The lowest BCUT2D eigenvalue weighted by atomic mass is 9.92. The van der Waals surface area contributed by atoms with E-state index in [0.717, 1.165) is 45.7 Å². The van der Waals surface area contributed by atoms with Gasteiger partial charge in [-0.05, 0) is 61.2 Å². The fraction of sp³-hybridized carbons (Fsp3) is 0.409. The van der Waals surface area contributed by atoms with Gasteiger partial charge < -0.3 is 23.5 Å². The van der Waals surface area contributed by atoms with Gasteiger partial charge in [0.25, 0.3) is 11.8 Å². The van der Waals surface area contributed by atoms with Crippen molar-refractivity contribution in [3.63, 3.8) is 0 Å². The van der Waals surface area contributed by atoms with Crippen LogP contribution in [0.1, 0.15) is 64.8 Å². The first-order valence-corrected chi connectivity index (χ1v) is 20.4. The Bertz CT molecular complexity index is 2530. The molecule has 9 rings (SSSR count). The number of aryl methyl sites for hydroxylation is 1. The van der Waals surface area contributed by atoms with Gasteiger partial charge in [-0.15, -0.1) is 0 Å². The molecule has 0 radical (unpaired) electrons. The Labute approximate surface area is 347 Å². The van der Waals surface area contributed by atoms with Gasteiger partial charge in [-0.2, -0.15) is 13.2 Å². The Morgan fingerprint density at radius 1 is 0.803 bits per heavy atom. The lowest BCUT2D eigenvalue weighted by Gasteiger charge is -2.39. The molecule has 4 aliphatic rings. The third kappa shape index (κ3) is 8.16. The summed E-state index contributed by atoms with van der Waals surface area (Å²) >= 11 is 0. The summed E-state index contributed by atoms with van der Waals surface area (Å²) in [7, 11) is 1.92. The molecule has 318 valence electrons. The summed E-state index contributed by atoms with van der Waals surface area (Å²) in [5, 5.41) is 4.13. The van der Waals surface area contributed by atoms with Crippen LogP contribution >= 0.6 is 0 Å². The van der Waals surface area contributed by atoms with Crippen molar-refractivity contribution >= 4 is 45.4 Å². The van der Waals surface area contributed by atoms with E-state index in [9.17, 15) is 32.3 Å². The molecule has 0 bridgehead atoms. The van der Waals surface area contributed by atoms with Crippen LogP contribution in [0.15, 0.2) is 67.1 Å². The Morgan fingerprint density at radius 3 is 2.41 bits per heavy atom. The smallest absolute Gasteiger partial charge is 0.421 e. The number of hydrogen-bond donors (Lipinski definition) is 1. The molecule has 3 aromatic heterocycles. The van der Waals surface area contributed by atoms with E-state index in [-0.39, 0.29) is 36.2 Å². The number of imide groups is 2. The molecule has 4 amide bonds. The minimum absolute atomic E-state index is 0.0571. The van der Waals surface area contributed by atoms with Crippen molar-refractivity contribution in [3.8, 4) is 22.8 Å². The Balaban J connectivity index is 0.652. The number of pyridine rings is 2. The van der Waals surface area contributed by atoms with Gasteiger partial charge >= 0.3 is 6.18 Å². The molecule has 1 aliphatic carbocycles. The van der Waals surface area contributed by atoms with Crippen LogP contribution < -0.4 is 14.8 Å². The molecule has 1 atom stereocenters. The second kappa shape index (κ2) is 16.5. The average Bonchev–Trinajstić information content (AvgIpc) is 3.63. The third-order valence-electron chi connectivity index (χ3n) is 11.8. The highest BCUT2D eigenvalue weighted by atomic mass is 19.4. The third-order valence-corrected chi connectivity index (χ3v) is 11.8. The summed E-state index contributed by atoms with van der Waals surface area (Å²) in [5.74, 6) is -2.17. The molecule has 61 heavy (non-hydrogen) atoms. The molecule has 1 N–H and O–H groups in total. The molecule has 2 aromatic carbocycles. The first kappa shape index (κ1) is 40.5. The summed E-state index contributed by atoms with van der Waals surface area (Å²) in [6.07, 6.45) is 2.28. The second-order valence-electron chi connectivity index (χ2n) is 15.9. The lowest BCUT2D eigenvalue weighted by molar-refractivity contribution is -0.141. The monoisotopic (exact) mass is 840 g/mol. The largest absolute Gasteiger partial charge is 0.488 e. The first-order valence-electron chi connectivity index (χ1n) is 20.4. The molecule has 6 heterocycles. The standard InChI is InChI=1S/C44H43F3N6O8/c1-51-36-10-11-48-22-34(36)31-6-4-25(17-38(31)51)26-16-35(44(45,46)47)41(49-21-26)61-29-18-28(19-29)59-15-3-14-58-13-2-12-52-23-30(24-52)60-27-5-7-32-33(20-27)43(57)53(42(32)56)37-8-9-39(54)50-40(37)55/h4-7,10-11,16-17,20-22,28-30,37H,2-3,8-9,12-15,18-19,23-24H2,1H3,(H,50,54,55). The van der Waals surface area contributed by atoms with Crippen LogP contribution in [0.25, 0.3) is 32.9 Å². The number of fused-ring (bicyclic) bond motifs is 4. The van der Waals surface area contributed by atoms with Gasteiger partial charge in [-0.25, -0.2) is 4.98 Å². The summed E-state index contributed by atoms with van der Waals surface area (Å²) < 4.78 is 68.2. The van der Waals surface area contributed by atoms with Crippen molar-refractivity contribution in [1.82, 2.24) is 29.7 Å². The molecule has 5 aromatic rings. The molecule has 1 saturated carbocycles. The average molecular weight is 841 g/mol. The number of rotatable bonds is 15. The van der Waals surface area contributed by atoms with Crippen LogP contribution in [-0.4, -0.2) is 112 Å². The number of piperidine rings is 1. The number of nitrogens with one attached hydrogen (secondary N) is 1. The quantitative estimate of drug-likeness (QED) is 0.102. The van der Waals surface area contributed by atoms with Crippen LogP contribution in [0.3, 0.4) is 0 Å². The summed E-state index contributed by atoms with van der Waals surface area (Å²) in [4.78, 5) is 61.4. The zero-order chi connectivity index (χ0) is 42.4. The van der Waals surface area contributed by atoms with E-state index >= 15 is 0 Å². The van der Waals surface area contributed by atoms with E-state index in [0.29, 0.717) is 69.0 Å². The number of benzene rings is 2. The van der Waals surface area contributed by atoms with Crippen molar-refractivity contribution in [3.05, 3.63) is 83.8 Å². The number of halogens is 3. The normalized spacial score (nSPS) is 20.9. The van der Waals surface area contributed by atoms with Crippen LogP contribution in [-0.2, 0) is 32.3 Å². The molecule has 2 saturated heterocycles. The Morgan fingerprint density at radius 2 is 1.61 bits per heavy atom. The van der Waals surface area contributed by atoms with Gasteiger partial charge in [-0.1, -0.05) is 12.1 Å². The fourth-order valence-electron chi connectivity index (χ4n) is 8.45. The van der Waals surface area contributed by atoms with Gasteiger partial charge in [0.15, 0.2) is 0 Å². The highest BCUT2D eigenvalue weighted by Gasteiger charge is 2.45. The number of alkyl halides is 3. The maximum Gasteiger partial charge on any atom is 0.421 e. The highest BCUT2D eigenvalue weighted by molar-refractivity contribution is 6.23. The van der Waals surface area contributed by atoms with Crippen molar-refractivity contribution < 1.29 is 51.3 Å². The van der Waals surface area contributed by atoms with Crippen molar-refractivity contribution in [2.75, 3.05) is 39.5 Å². The maximum absolute atomic E-state index is 14.2. The van der Waals surface area contributed by atoms with Crippen molar-refractivity contribution in [2.24, 2.45) is 7.05 Å². The van der Waals surface area contributed by atoms with E-state index in [1.54, 1.807) is 24.5 Å². The van der Waals surface area contributed by atoms with Gasteiger partial charge in [0.2, 0.25) is 17.7 Å². The minimum atomic E-state index is -4.65. The zero-order valence-corrected chi connectivity index (χ0v) is 33.3. The first-order chi connectivity index (χ1) is 29.4. The number of carbonyl (C=O) groups excluding carboxylic acids is 4. The predicted octanol–water partition coefficient (Wildman–Crippen LogP) is 5.69. The Hall–Kier alpha value is -5.91. The molecule has 17 heteroatoms. The zero-order valence-electron chi connectivity index (χ0n) is 33.3. The predicted molar refractivity (Wildman–Crippen MR) is 214 cm³/mol. The fourth-order valence-corrected chi connectivity index (χ4v) is 8.45. The minimum Gasteiger partial charge on any atom is -0.488 e. The molecule has 0 spiro atoms. The lowest BCUT2D eigenvalue weighted by Crippen LogP contribution is -2.54. The molecule has 1 unspecified atom stereocenters. The number of nitrogens with zero attached hydrogens (tertiary/aromatic N) is 5. The van der Waals surface area contributed by atoms with Crippen LogP contribution in [0.2, 0.25) is 0 Å². The van der Waals surface area contributed by atoms with Gasteiger partial charge in [0.05, 0.1) is 22.7 Å². The van der Waals surface area contributed by atoms with Crippen LogP contribution in [0, 0.1) is 0 Å². The summed E-state index contributed by atoms with van der Waals surface area (Å²) in [6.45, 7) is 3.80. The van der Waals surface area contributed by atoms with Crippen LogP contribution in [0.4, 0.5) is 13.2 Å². The van der Waals surface area contributed by atoms with Crippen molar-refractivity contribution in [1.29, 1.82) is 0 Å². The molecular formula is C44H43F3N6O8. The number of aromatic nitrogens is 3. The van der Waals surface area contributed by atoms with E-state index in [2.05, 4.69) is 20.2 Å². The Kier molecular flexibility index (Phi) is 11.0. The van der Waals surface area contributed by atoms with Gasteiger partial charge in [-0.3, -0.25) is 39.3 Å². The molecule has 3 fully saturated rings. The topological polar surface area (TPSA) is 154 Å².